The van der Waals surface area contributed by atoms with Crippen molar-refractivity contribution in [2.45, 2.75) is 19.1 Å². The summed E-state index contributed by atoms with van der Waals surface area (Å²) in [5, 5.41) is 11.0. The summed E-state index contributed by atoms with van der Waals surface area (Å²) < 4.78 is 44.0. The van der Waals surface area contributed by atoms with Crippen molar-refractivity contribution >= 4 is 29.3 Å². The van der Waals surface area contributed by atoms with Crippen molar-refractivity contribution in [1.29, 1.82) is 0 Å². The maximum Gasteiger partial charge on any atom is 0.416 e. The van der Waals surface area contributed by atoms with E-state index < -0.39 is 17.8 Å². The molecule has 1 saturated heterocycles. The summed E-state index contributed by atoms with van der Waals surface area (Å²) in [6.07, 6.45) is -2.27. The molecular formula is C35H36F3N9O2. The molecule has 2 aromatic carbocycles. The Morgan fingerprint density at radius 1 is 1.00 bits per heavy atom. The van der Waals surface area contributed by atoms with Gasteiger partial charge in [0.05, 0.1) is 22.4 Å². The predicted octanol–water partition coefficient (Wildman–Crippen LogP) is 4.62. The summed E-state index contributed by atoms with van der Waals surface area (Å²) in [6.45, 7) is 3.70. The third kappa shape index (κ3) is 7.69. The molecule has 14 heteroatoms. The van der Waals surface area contributed by atoms with Crippen LogP contribution in [-0.4, -0.2) is 83.1 Å². The number of anilines is 3. The molecular weight excluding hydrogens is 635 g/mol. The van der Waals surface area contributed by atoms with Crippen molar-refractivity contribution in [2.75, 3.05) is 62.8 Å². The Morgan fingerprint density at radius 2 is 1.76 bits per heavy atom. The fourth-order valence-electron chi connectivity index (χ4n) is 5.96. The van der Waals surface area contributed by atoms with Crippen molar-refractivity contribution in [3.8, 4) is 23.2 Å². The van der Waals surface area contributed by atoms with E-state index >= 15 is 0 Å². The first-order valence-electron chi connectivity index (χ1n) is 15.8. The summed E-state index contributed by atoms with van der Waals surface area (Å²) in [4.78, 5) is 38.4. The number of nitrogens with zero attached hydrogens (tertiary/aromatic N) is 5. The van der Waals surface area contributed by atoms with E-state index in [1.165, 1.54) is 12.1 Å². The zero-order chi connectivity index (χ0) is 34.7. The number of amides is 3. The first kappa shape index (κ1) is 33.5. The first-order valence-corrected chi connectivity index (χ1v) is 15.8. The van der Waals surface area contributed by atoms with Crippen molar-refractivity contribution < 1.29 is 22.8 Å². The molecule has 4 N–H and O–H groups in total. The number of halogens is 3. The van der Waals surface area contributed by atoms with E-state index in [4.69, 9.17) is 0 Å². The second-order valence-corrected chi connectivity index (χ2v) is 12.0. The summed E-state index contributed by atoms with van der Waals surface area (Å²) in [7, 11) is 5.59. The number of likely N-dealkylation sites (N-methyl/N-ethyl adjacent to an activating group) is 1. The molecule has 0 atom stereocenters. The fourth-order valence-corrected chi connectivity index (χ4v) is 5.96. The Morgan fingerprint density at radius 3 is 2.47 bits per heavy atom. The van der Waals surface area contributed by atoms with Gasteiger partial charge in [-0.25, -0.2) is 14.8 Å². The van der Waals surface area contributed by atoms with Gasteiger partial charge in [-0.15, -0.1) is 0 Å². The van der Waals surface area contributed by atoms with Crippen LogP contribution in [-0.2, 0) is 26.2 Å². The number of alkyl halides is 3. The molecule has 4 aromatic rings. The Hall–Kier alpha value is -5.39. The lowest BCUT2D eigenvalue weighted by Gasteiger charge is -2.33. The predicted molar refractivity (Wildman–Crippen MR) is 181 cm³/mol. The van der Waals surface area contributed by atoms with Gasteiger partial charge in [0.25, 0.3) is 5.91 Å². The van der Waals surface area contributed by atoms with Crippen LogP contribution in [0.5, 0.6) is 0 Å². The molecule has 49 heavy (non-hydrogen) atoms. The van der Waals surface area contributed by atoms with Crippen LogP contribution in [0.15, 0.2) is 54.7 Å². The monoisotopic (exact) mass is 671 g/mol. The number of aromatic nitrogens is 3. The Bertz CT molecular complexity index is 1950. The second kappa shape index (κ2) is 14.0. The molecule has 2 aliphatic heterocycles. The molecule has 4 heterocycles. The number of fused-ring (bicyclic) bond motifs is 1. The third-order valence-electron chi connectivity index (χ3n) is 8.63. The highest BCUT2D eigenvalue weighted by molar-refractivity contribution is 6.00. The minimum absolute atomic E-state index is 0.0280. The molecule has 0 bridgehead atoms. The van der Waals surface area contributed by atoms with Crippen LogP contribution in [0.1, 0.15) is 38.3 Å². The molecule has 2 aromatic heterocycles. The van der Waals surface area contributed by atoms with E-state index in [-0.39, 0.29) is 23.7 Å². The number of rotatable bonds is 6. The van der Waals surface area contributed by atoms with Gasteiger partial charge in [-0.05, 0) is 49.0 Å². The molecule has 3 amide bonds. The average molecular weight is 672 g/mol. The average Bonchev–Trinajstić information content (AvgIpc) is 3.42. The van der Waals surface area contributed by atoms with Gasteiger partial charge in [-0.1, -0.05) is 24.0 Å². The molecule has 0 saturated carbocycles. The molecule has 0 radical (unpaired) electrons. The van der Waals surface area contributed by atoms with E-state index in [1.54, 1.807) is 43.6 Å². The summed E-state index contributed by atoms with van der Waals surface area (Å²) >= 11 is 0. The number of urea groups is 1. The lowest BCUT2D eigenvalue weighted by molar-refractivity contribution is -0.138. The van der Waals surface area contributed by atoms with Crippen molar-refractivity contribution in [2.24, 2.45) is 7.05 Å². The maximum atomic E-state index is 14.0. The van der Waals surface area contributed by atoms with Crippen LogP contribution in [0.25, 0.3) is 11.4 Å². The molecule has 0 unspecified atom stereocenters. The quantitative estimate of drug-likeness (QED) is 0.221. The lowest BCUT2D eigenvalue weighted by Crippen LogP contribution is -2.44. The summed E-state index contributed by atoms with van der Waals surface area (Å²) in [6, 6.07) is 11.8. The zero-order valence-corrected chi connectivity index (χ0v) is 27.3. The van der Waals surface area contributed by atoms with Gasteiger partial charge >= 0.3 is 12.2 Å². The van der Waals surface area contributed by atoms with Crippen LogP contribution in [0, 0.1) is 11.8 Å². The van der Waals surface area contributed by atoms with Gasteiger partial charge in [0.2, 0.25) is 5.95 Å². The topological polar surface area (TPSA) is 119 Å². The minimum Gasteiger partial charge on any atom is -0.357 e. The second-order valence-electron chi connectivity index (χ2n) is 12.0. The van der Waals surface area contributed by atoms with Gasteiger partial charge in [0.1, 0.15) is 5.69 Å². The van der Waals surface area contributed by atoms with E-state index in [9.17, 15) is 22.8 Å². The smallest absolute Gasteiger partial charge is 0.357 e. The molecule has 1 fully saturated rings. The highest BCUT2D eigenvalue weighted by atomic mass is 19.4. The maximum absolute atomic E-state index is 14.0. The number of carbonyl (C=O) groups excluding carboxylic acids is 2. The van der Waals surface area contributed by atoms with Crippen molar-refractivity contribution in [3.05, 3.63) is 88.2 Å². The van der Waals surface area contributed by atoms with E-state index in [1.807, 2.05) is 23.6 Å². The molecule has 11 nitrogen and oxygen atoms in total. The van der Waals surface area contributed by atoms with Crippen LogP contribution < -0.4 is 21.3 Å². The van der Waals surface area contributed by atoms with Gasteiger partial charge in [-0.2, -0.15) is 13.2 Å². The first-order chi connectivity index (χ1) is 23.5. The number of carbonyl (C=O) groups is 2. The highest BCUT2D eigenvalue weighted by Crippen LogP contribution is 2.35. The number of hydrogen-bond acceptors (Lipinski definition) is 7. The third-order valence-corrected chi connectivity index (χ3v) is 8.63. The number of nitrogens with one attached hydrogen (secondary N) is 4. The van der Waals surface area contributed by atoms with Crippen LogP contribution >= 0.6 is 0 Å². The summed E-state index contributed by atoms with van der Waals surface area (Å²) in [5.41, 5.74) is 3.71. The Kier molecular flexibility index (Phi) is 9.57. The summed E-state index contributed by atoms with van der Waals surface area (Å²) in [5.74, 6) is 6.47. The molecule has 6 rings (SSSR count). The van der Waals surface area contributed by atoms with Crippen molar-refractivity contribution in [1.82, 2.24) is 29.7 Å². The highest BCUT2D eigenvalue weighted by Gasteiger charge is 2.34. The van der Waals surface area contributed by atoms with Crippen LogP contribution in [0.2, 0.25) is 0 Å². The van der Waals surface area contributed by atoms with E-state index in [0.29, 0.717) is 60.1 Å². The van der Waals surface area contributed by atoms with Gasteiger partial charge in [-0.3, -0.25) is 9.69 Å². The minimum atomic E-state index is -4.57. The van der Waals surface area contributed by atoms with E-state index in [2.05, 4.69) is 48.0 Å². The molecule has 0 spiro atoms. The number of hydrogen-bond donors (Lipinski definition) is 4. The standard InChI is InChI=1S/C35H36F3N9O2/c1-39-33-41-20-23(31(44-33)30-19-27-29(46(30)3)11-12-40-32(27)48)8-7-22-5-4-6-25(17-22)42-34(49)43-26-10-9-24(28(18-26)35(36,37)38)21-47-15-13-45(2)14-16-47/h4-6,9-10,17-20H,11-16,21H2,1-3H3,(H,40,48)(H,39,41,44)(H2,42,43,49). The molecule has 254 valence electrons. The Balaban J connectivity index is 1.18. The van der Waals surface area contributed by atoms with Crippen LogP contribution in [0.3, 0.4) is 0 Å². The lowest BCUT2D eigenvalue weighted by atomic mass is 10.0. The number of piperazine rings is 1. The van der Waals surface area contributed by atoms with Gasteiger partial charge in [0, 0.05) is 88.6 Å². The van der Waals surface area contributed by atoms with Gasteiger partial charge in [0.15, 0.2) is 0 Å². The molecule has 0 aliphatic carbocycles. The molecule has 2 aliphatic rings. The normalized spacial score (nSPS) is 15.1. The largest absolute Gasteiger partial charge is 0.416 e. The zero-order valence-electron chi connectivity index (χ0n) is 27.3. The fraction of sp³-hybridized carbons (Fsp3) is 0.314. The SMILES string of the molecule is CNc1ncc(C#Cc2cccc(NC(=O)Nc3ccc(CN4CCN(C)CC4)c(C(F)(F)F)c3)c2)c(-c2cc3c(n2C)CCNC3=O)n1. The van der Waals surface area contributed by atoms with E-state index in [0.717, 1.165) is 30.5 Å². The Labute approximate surface area is 281 Å². The van der Waals surface area contributed by atoms with Crippen LogP contribution in [0.4, 0.5) is 35.3 Å². The van der Waals surface area contributed by atoms with Crippen molar-refractivity contribution in [3.63, 3.8) is 0 Å². The number of benzene rings is 2. The van der Waals surface area contributed by atoms with Gasteiger partial charge < -0.3 is 30.7 Å².